The summed E-state index contributed by atoms with van der Waals surface area (Å²) in [6, 6.07) is 2.26. The third-order valence-electron chi connectivity index (χ3n) is 4.10. The molecule has 0 fully saturated rings. The second-order valence-electron chi connectivity index (χ2n) is 5.80. The monoisotopic (exact) mass is 448 g/mol. The Morgan fingerprint density at radius 1 is 1.50 bits per heavy atom. The first-order chi connectivity index (χ1) is 12.5. The van der Waals surface area contributed by atoms with E-state index < -0.39 is 0 Å². The van der Waals surface area contributed by atoms with E-state index in [2.05, 4.69) is 42.3 Å². The molecule has 1 N–H and O–H groups in total. The first-order valence-corrected chi connectivity index (χ1v) is 10.2. The van der Waals surface area contributed by atoms with Crippen molar-refractivity contribution in [3.8, 4) is 6.07 Å². The maximum Gasteiger partial charge on any atom is 0.259 e. The lowest BCUT2D eigenvalue weighted by Crippen LogP contribution is -2.29. The number of nitrogens with one attached hydrogen (secondary N) is 1. The van der Waals surface area contributed by atoms with Crippen molar-refractivity contribution in [2.24, 2.45) is 7.05 Å². The Bertz CT molecular complexity index is 1030. The van der Waals surface area contributed by atoms with Crippen LogP contribution in [-0.4, -0.2) is 27.2 Å². The Morgan fingerprint density at radius 3 is 3.00 bits per heavy atom. The van der Waals surface area contributed by atoms with Crippen LogP contribution in [0.5, 0.6) is 0 Å². The van der Waals surface area contributed by atoms with Crippen molar-refractivity contribution in [3.05, 3.63) is 43.9 Å². The van der Waals surface area contributed by atoms with Crippen LogP contribution in [0.4, 0.5) is 10.1 Å². The maximum atomic E-state index is 12.4. The summed E-state index contributed by atoms with van der Waals surface area (Å²) in [4.78, 5) is 20.2. The van der Waals surface area contributed by atoms with Crippen LogP contribution >= 0.6 is 38.6 Å². The number of fused-ring (bicyclic) bond motifs is 1. The minimum atomic E-state index is -0.256. The number of aryl methyl sites for hydroxylation is 1. The number of hydrogen-bond donors (Lipinski definition) is 1. The van der Waals surface area contributed by atoms with Gasteiger partial charge in [-0.05, 0) is 27.9 Å². The van der Waals surface area contributed by atoms with Gasteiger partial charge in [-0.3, -0.25) is 9.48 Å². The summed E-state index contributed by atoms with van der Waals surface area (Å²) < 4.78 is 2.40. The summed E-state index contributed by atoms with van der Waals surface area (Å²) >= 11 is 6.44. The molecule has 132 valence electrons. The number of halogens is 1. The van der Waals surface area contributed by atoms with Crippen molar-refractivity contribution >= 4 is 54.6 Å². The van der Waals surface area contributed by atoms with E-state index in [1.54, 1.807) is 29.3 Å². The van der Waals surface area contributed by atoms with Crippen LogP contribution in [0.1, 0.15) is 26.4 Å². The number of carbonyl (C=O) groups excluding carboxylic acids is 1. The van der Waals surface area contributed by atoms with Crippen LogP contribution in [0.15, 0.2) is 22.4 Å². The van der Waals surface area contributed by atoms with E-state index >= 15 is 0 Å². The van der Waals surface area contributed by atoms with Crippen molar-refractivity contribution in [1.82, 2.24) is 14.8 Å². The normalized spacial score (nSPS) is 13.3. The highest BCUT2D eigenvalue weighted by Gasteiger charge is 2.26. The minimum Gasteiger partial charge on any atom is -0.343 e. The highest BCUT2D eigenvalue weighted by atomic mass is 79.9. The second-order valence-corrected chi connectivity index (χ2v) is 8.56. The molecule has 0 aromatic carbocycles. The molecule has 1 amide bonds. The quantitative estimate of drug-likeness (QED) is 0.663. The van der Waals surface area contributed by atoms with Crippen molar-refractivity contribution in [2.45, 2.75) is 13.0 Å². The van der Waals surface area contributed by atoms with Gasteiger partial charge in [0.15, 0.2) is 5.13 Å². The van der Waals surface area contributed by atoms with Gasteiger partial charge in [0.1, 0.15) is 15.7 Å². The molecular formula is C16H13BrN6OS2. The maximum absolute atomic E-state index is 12.4. The zero-order chi connectivity index (χ0) is 18.3. The van der Waals surface area contributed by atoms with Gasteiger partial charge in [-0.25, -0.2) is 4.98 Å². The number of rotatable bonds is 3. The van der Waals surface area contributed by atoms with Gasteiger partial charge in [-0.15, -0.1) is 22.7 Å². The van der Waals surface area contributed by atoms with E-state index in [0.29, 0.717) is 22.7 Å². The number of thiazole rings is 1. The van der Waals surface area contributed by atoms with Crippen LogP contribution in [0.2, 0.25) is 0 Å². The third kappa shape index (κ3) is 3.13. The number of carbonyl (C=O) groups is 1. The van der Waals surface area contributed by atoms with Gasteiger partial charge < -0.3 is 10.2 Å². The van der Waals surface area contributed by atoms with Crippen molar-refractivity contribution in [3.63, 3.8) is 0 Å². The van der Waals surface area contributed by atoms with E-state index in [9.17, 15) is 10.1 Å². The van der Waals surface area contributed by atoms with Gasteiger partial charge in [0, 0.05) is 30.0 Å². The average molecular weight is 449 g/mol. The molecule has 0 aliphatic carbocycles. The highest BCUT2D eigenvalue weighted by Crippen LogP contribution is 2.38. The molecule has 4 heterocycles. The van der Waals surface area contributed by atoms with E-state index in [4.69, 9.17) is 0 Å². The molecule has 0 saturated carbocycles. The summed E-state index contributed by atoms with van der Waals surface area (Å²) in [5, 5.41) is 20.0. The number of nitriles is 1. The summed E-state index contributed by atoms with van der Waals surface area (Å²) in [5.41, 5.74) is 2.07. The average Bonchev–Trinajstić information content (AvgIpc) is 3.32. The smallest absolute Gasteiger partial charge is 0.259 e. The van der Waals surface area contributed by atoms with Crippen LogP contribution in [0, 0.1) is 11.3 Å². The molecule has 3 aromatic rings. The van der Waals surface area contributed by atoms with Crippen LogP contribution < -0.4 is 10.2 Å². The van der Waals surface area contributed by atoms with Crippen LogP contribution in [-0.2, 0) is 20.0 Å². The van der Waals surface area contributed by atoms with E-state index in [-0.39, 0.29) is 5.91 Å². The molecule has 0 spiro atoms. The zero-order valence-corrected chi connectivity index (χ0v) is 16.9. The second kappa shape index (κ2) is 6.83. The van der Waals surface area contributed by atoms with Crippen molar-refractivity contribution in [2.75, 3.05) is 16.8 Å². The van der Waals surface area contributed by atoms with E-state index in [1.165, 1.54) is 17.5 Å². The third-order valence-corrected chi connectivity index (χ3v) is 6.84. The van der Waals surface area contributed by atoms with Crippen molar-refractivity contribution in [1.29, 1.82) is 5.26 Å². The first-order valence-electron chi connectivity index (χ1n) is 7.75. The fourth-order valence-corrected chi connectivity index (χ4v) is 5.36. The minimum absolute atomic E-state index is 0.256. The predicted molar refractivity (Wildman–Crippen MR) is 105 cm³/mol. The first kappa shape index (κ1) is 17.2. The Hall–Kier alpha value is -2.22. The molecule has 10 heteroatoms. The van der Waals surface area contributed by atoms with Gasteiger partial charge in [-0.2, -0.15) is 10.4 Å². The lowest BCUT2D eigenvalue weighted by atomic mass is 10.0. The van der Waals surface area contributed by atoms with Gasteiger partial charge in [0.25, 0.3) is 5.91 Å². The topological polar surface area (TPSA) is 86.8 Å². The molecule has 0 unspecified atom stereocenters. The standard InChI is InChI=1S/C16H13BrN6OS2/c1-22-6-9(5-19-22)14(24)21-15-11(4-18)10-2-3-23(7-12(10)26-15)16-20-13(17)8-25-16/h5-6,8H,2-3,7H2,1H3,(H,21,24). The lowest BCUT2D eigenvalue weighted by molar-refractivity contribution is 0.102. The van der Waals surface area contributed by atoms with Gasteiger partial charge in [0.05, 0.1) is 23.9 Å². The fraction of sp³-hybridized carbons (Fsp3) is 0.250. The number of aromatic nitrogens is 3. The molecule has 7 nitrogen and oxygen atoms in total. The number of hydrogen-bond acceptors (Lipinski definition) is 7. The van der Waals surface area contributed by atoms with Crippen LogP contribution in [0.25, 0.3) is 0 Å². The summed E-state index contributed by atoms with van der Waals surface area (Å²) in [5.74, 6) is -0.256. The highest BCUT2D eigenvalue weighted by molar-refractivity contribution is 9.10. The molecule has 1 aliphatic heterocycles. The predicted octanol–water partition coefficient (Wildman–Crippen LogP) is 3.39. The number of anilines is 2. The van der Waals surface area contributed by atoms with Gasteiger partial charge in [0.2, 0.25) is 0 Å². The Labute approximate surface area is 166 Å². The van der Waals surface area contributed by atoms with Gasteiger partial charge in [-0.1, -0.05) is 0 Å². The van der Waals surface area contributed by atoms with E-state index in [0.717, 1.165) is 33.1 Å². The van der Waals surface area contributed by atoms with Crippen molar-refractivity contribution < 1.29 is 4.79 Å². The molecule has 0 saturated heterocycles. The largest absolute Gasteiger partial charge is 0.343 e. The Morgan fingerprint density at radius 2 is 2.35 bits per heavy atom. The molecular weight excluding hydrogens is 436 g/mol. The molecule has 0 radical (unpaired) electrons. The molecule has 0 atom stereocenters. The van der Waals surface area contributed by atoms with Gasteiger partial charge >= 0.3 is 0 Å². The SMILES string of the molecule is Cn1cc(C(=O)Nc2sc3c(c2C#N)CCN(c2nc(Br)cs2)C3)cn1. The molecule has 0 bridgehead atoms. The molecule has 3 aromatic heterocycles. The summed E-state index contributed by atoms with van der Waals surface area (Å²) in [6.07, 6.45) is 3.92. The lowest BCUT2D eigenvalue weighted by Gasteiger charge is -2.26. The summed E-state index contributed by atoms with van der Waals surface area (Å²) in [7, 11) is 1.76. The molecule has 4 rings (SSSR count). The Kier molecular flexibility index (Phi) is 4.52. The molecule has 26 heavy (non-hydrogen) atoms. The zero-order valence-electron chi connectivity index (χ0n) is 13.7. The Balaban J connectivity index is 1.59. The number of nitrogens with zero attached hydrogens (tertiary/aromatic N) is 5. The summed E-state index contributed by atoms with van der Waals surface area (Å²) in [6.45, 7) is 1.49. The fourth-order valence-electron chi connectivity index (χ4n) is 2.88. The van der Waals surface area contributed by atoms with Crippen LogP contribution in [0.3, 0.4) is 0 Å². The number of amides is 1. The molecule has 1 aliphatic rings. The van der Waals surface area contributed by atoms with E-state index in [1.807, 2.05) is 5.38 Å². The number of thiophene rings is 1.